The Hall–Kier alpha value is -2.39. The molecule has 1 atom stereocenters. The minimum Gasteiger partial charge on any atom is -0.427 e. The molecule has 24 heavy (non-hydrogen) atoms. The van der Waals surface area contributed by atoms with Gasteiger partial charge in [-0.3, -0.25) is 9.59 Å². The lowest BCUT2D eigenvalue weighted by Crippen LogP contribution is -2.42. The number of esters is 1. The SMILES string of the molecule is CCCCCC(C)(OC)C(=O)Nc1ccc(OC(C)=O)cc1C#N. The van der Waals surface area contributed by atoms with Gasteiger partial charge in [0.05, 0.1) is 11.3 Å². The molecule has 0 saturated heterocycles. The molecule has 1 N–H and O–H groups in total. The summed E-state index contributed by atoms with van der Waals surface area (Å²) < 4.78 is 10.3. The maximum atomic E-state index is 12.6. The van der Waals surface area contributed by atoms with Crippen molar-refractivity contribution < 1.29 is 19.1 Å². The van der Waals surface area contributed by atoms with E-state index in [4.69, 9.17) is 9.47 Å². The van der Waals surface area contributed by atoms with Gasteiger partial charge in [-0.1, -0.05) is 26.2 Å². The number of benzene rings is 1. The second-order valence-corrected chi connectivity index (χ2v) is 5.76. The van der Waals surface area contributed by atoms with Gasteiger partial charge in [-0.05, 0) is 25.5 Å². The molecule has 1 aromatic carbocycles. The molecule has 0 radical (unpaired) electrons. The summed E-state index contributed by atoms with van der Waals surface area (Å²) in [6.07, 6.45) is 3.55. The second-order valence-electron chi connectivity index (χ2n) is 5.76. The van der Waals surface area contributed by atoms with Crippen LogP contribution >= 0.6 is 0 Å². The topological polar surface area (TPSA) is 88.4 Å². The molecule has 1 aromatic rings. The zero-order valence-corrected chi connectivity index (χ0v) is 14.6. The third kappa shape index (κ3) is 5.36. The van der Waals surface area contributed by atoms with E-state index in [1.807, 2.05) is 6.07 Å². The largest absolute Gasteiger partial charge is 0.427 e. The maximum Gasteiger partial charge on any atom is 0.308 e. The number of nitriles is 1. The van der Waals surface area contributed by atoms with Crippen LogP contribution in [0.4, 0.5) is 5.69 Å². The monoisotopic (exact) mass is 332 g/mol. The molecule has 1 unspecified atom stereocenters. The summed E-state index contributed by atoms with van der Waals surface area (Å²) >= 11 is 0. The summed E-state index contributed by atoms with van der Waals surface area (Å²) in [5, 5.41) is 12.0. The highest BCUT2D eigenvalue weighted by molar-refractivity contribution is 5.98. The minimum absolute atomic E-state index is 0.217. The van der Waals surface area contributed by atoms with Crippen LogP contribution in [0.15, 0.2) is 18.2 Å². The number of nitrogens with one attached hydrogen (secondary N) is 1. The zero-order valence-electron chi connectivity index (χ0n) is 14.6. The standard InChI is InChI=1S/C18H24N2O4/c1-5-6-7-10-18(3,23-4)17(22)20-16-9-8-15(24-13(2)21)11-14(16)12-19/h8-9,11H,5-7,10H2,1-4H3,(H,20,22). The number of carbonyl (C=O) groups is 2. The second kappa shape index (κ2) is 9.04. The van der Waals surface area contributed by atoms with Crippen molar-refractivity contribution in [1.29, 1.82) is 5.26 Å². The van der Waals surface area contributed by atoms with Gasteiger partial charge in [0.1, 0.15) is 17.4 Å². The van der Waals surface area contributed by atoms with Gasteiger partial charge in [-0.2, -0.15) is 5.26 Å². The molecular weight excluding hydrogens is 308 g/mol. The summed E-state index contributed by atoms with van der Waals surface area (Å²) in [7, 11) is 1.50. The van der Waals surface area contributed by atoms with Crippen molar-refractivity contribution in [2.75, 3.05) is 12.4 Å². The first-order valence-corrected chi connectivity index (χ1v) is 7.95. The average molecular weight is 332 g/mol. The Morgan fingerprint density at radius 3 is 2.58 bits per heavy atom. The van der Waals surface area contributed by atoms with Crippen LogP contribution < -0.4 is 10.1 Å². The van der Waals surface area contributed by atoms with Crippen LogP contribution in [0, 0.1) is 11.3 Å². The normalized spacial score (nSPS) is 12.8. The van der Waals surface area contributed by atoms with Crippen LogP contribution in [0.2, 0.25) is 0 Å². The van der Waals surface area contributed by atoms with Crippen LogP contribution in [-0.2, 0) is 14.3 Å². The Morgan fingerprint density at radius 2 is 2.04 bits per heavy atom. The van der Waals surface area contributed by atoms with Crippen molar-refractivity contribution in [2.24, 2.45) is 0 Å². The molecule has 0 spiro atoms. The predicted octanol–water partition coefficient (Wildman–Crippen LogP) is 3.41. The van der Waals surface area contributed by atoms with Crippen LogP contribution in [-0.4, -0.2) is 24.6 Å². The molecular formula is C18H24N2O4. The Bertz CT molecular complexity index is 636. The highest BCUT2D eigenvalue weighted by Gasteiger charge is 2.32. The number of nitrogens with zero attached hydrogens (tertiary/aromatic N) is 1. The Balaban J connectivity index is 2.92. The van der Waals surface area contributed by atoms with Gasteiger partial charge in [0, 0.05) is 20.1 Å². The summed E-state index contributed by atoms with van der Waals surface area (Å²) in [4.78, 5) is 23.5. The van der Waals surface area contributed by atoms with Crippen molar-refractivity contribution in [3.63, 3.8) is 0 Å². The molecule has 0 heterocycles. The molecule has 6 heteroatoms. The van der Waals surface area contributed by atoms with Gasteiger partial charge in [0.2, 0.25) is 0 Å². The van der Waals surface area contributed by atoms with Crippen molar-refractivity contribution >= 4 is 17.6 Å². The number of carbonyl (C=O) groups excluding carboxylic acids is 2. The number of hydrogen-bond donors (Lipinski definition) is 1. The molecule has 130 valence electrons. The number of hydrogen-bond acceptors (Lipinski definition) is 5. The van der Waals surface area contributed by atoms with Gasteiger partial charge in [0.15, 0.2) is 0 Å². The van der Waals surface area contributed by atoms with Crippen molar-refractivity contribution in [3.8, 4) is 11.8 Å². The molecule has 0 aromatic heterocycles. The van der Waals surface area contributed by atoms with Gasteiger partial charge >= 0.3 is 5.97 Å². The van der Waals surface area contributed by atoms with E-state index in [9.17, 15) is 14.9 Å². The summed E-state index contributed by atoms with van der Waals surface area (Å²) in [6.45, 7) is 5.10. The quantitative estimate of drug-likeness (QED) is 0.448. The Kier molecular flexibility index (Phi) is 7.40. The first-order valence-electron chi connectivity index (χ1n) is 7.95. The molecule has 0 saturated carbocycles. The van der Waals surface area contributed by atoms with Crippen LogP contribution in [0.1, 0.15) is 52.0 Å². The number of rotatable bonds is 8. The summed E-state index contributed by atoms with van der Waals surface area (Å²) in [5.41, 5.74) is -0.387. The summed E-state index contributed by atoms with van der Waals surface area (Å²) in [5.74, 6) is -0.522. The van der Waals surface area contributed by atoms with Crippen molar-refractivity contribution in [1.82, 2.24) is 0 Å². The predicted molar refractivity (Wildman–Crippen MR) is 90.7 cm³/mol. The van der Waals surface area contributed by atoms with E-state index < -0.39 is 11.6 Å². The van der Waals surface area contributed by atoms with E-state index >= 15 is 0 Å². The minimum atomic E-state index is -0.962. The van der Waals surface area contributed by atoms with Crippen LogP contribution in [0.3, 0.4) is 0 Å². The maximum absolute atomic E-state index is 12.6. The van der Waals surface area contributed by atoms with E-state index in [2.05, 4.69) is 12.2 Å². The average Bonchev–Trinajstić information content (AvgIpc) is 2.55. The van der Waals surface area contributed by atoms with E-state index in [1.54, 1.807) is 6.92 Å². The zero-order chi connectivity index (χ0) is 18.2. The number of unbranched alkanes of at least 4 members (excludes halogenated alkanes) is 2. The van der Waals surface area contributed by atoms with Crippen LogP contribution in [0.5, 0.6) is 5.75 Å². The Morgan fingerprint density at radius 1 is 1.33 bits per heavy atom. The van der Waals surface area contributed by atoms with E-state index in [0.717, 1.165) is 19.3 Å². The van der Waals surface area contributed by atoms with Crippen molar-refractivity contribution in [3.05, 3.63) is 23.8 Å². The van der Waals surface area contributed by atoms with Crippen LogP contribution in [0.25, 0.3) is 0 Å². The third-order valence-electron chi connectivity index (χ3n) is 3.81. The molecule has 0 fully saturated rings. The molecule has 0 aliphatic rings. The molecule has 1 rings (SSSR count). The molecule has 6 nitrogen and oxygen atoms in total. The van der Waals surface area contributed by atoms with E-state index in [1.165, 1.54) is 32.2 Å². The smallest absolute Gasteiger partial charge is 0.308 e. The third-order valence-corrected chi connectivity index (χ3v) is 3.81. The van der Waals surface area contributed by atoms with E-state index in [0.29, 0.717) is 12.1 Å². The van der Waals surface area contributed by atoms with Gasteiger partial charge in [-0.25, -0.2) is 0 Å². The Labute approximate surface area is 142 Å². The number of amides is 1. The number of ether oxygens (including phenoxy) is 2. The lowest BCUT2D eigenvalue weighted by Gasteiger charge is -2.27. The van der Waals surface area contributed by atoms with Gasteiger partial charge < -0.3 is 14.8 Å². The van der Waals surface area contributed by atoms with Gasteiger partial charge in [0.25, 0.3) is 5.91 Å². The fraction of sp³-hybridized carbons (Fsp3) is 0.500. The molecule has 1 amide bonds. The summed E-state index contributed by atoms with van der Waals surface area (Å²) in [6, 6.07) is 6.47. The number of methoxy groups -OCH3 is 1. The lowest BCUT2D eigenvalue weighted by atomic mass is 9.96. The van der Waals surface area contributed by atoms with Gasteiger partial charge in [-0.15, -0.1) is 0 Å². The van der Waals surface area contributed by atoms with E-state index in [-0.39, 0.29) is 17.2 Å². The number of anilines is 1. The fourth-order valence-corrected chi connectivity index (χ4v) is 2.23. The first kappa shape index (κ1) is 19.7. The highest BCUT2D eigenvalue weighted by atomic mass is 16.5. The lowest BCUT2D eigenvalue weighted by molar-refractivity contribution is -0.136. The highest BCUT2D eigenvalue weighted by Crippen LogP contribution is 2.25. The molecule has 0 bridgehead atoms. The molecule has 0 aliphatic carbocycles. The van der Waals surface area contributed by atoms with Crippen molar-refractivity contribution in [2.45, 2.75) is 52.1 Å². The molecule has 0 aliphatic heterocycles. The first-order chi connectivity index (χ1) is 11.4. The fourth-order valence-electron chi connectivity index (χ4n) is 2.23.